The zero-order valence-corrected chi connectivity index (χ0v) is 10.7. The fraction of sp³-hybridized carbons (Fsp3) is 0.750. The van der Waals surface area contributed by atoms with Crippen molar-refractivity contribution in [3.63, 3.8) is 0 Å². The van der Waals surface area contributed by atoms with Gasteiger partial charge in [-0.2, -0.15) is 0 Å². The molecule has 0 radical (unpaired) electrons. The Morgan fingerprint density at radius 3 is 2.81 bits per heavy atom. The predicted molar refractivity (Wildman–Crippen MR) is 67.2 cm³/mol. The predicted octanol–water partition coefficient (Wildman–Crippen LogP) is 1.63. The lowest BCUT2D eigenvalue weighted by Gasteiger charge is -2.27. The maximum absolute atomic E-state index is 5.88. The van der Waals surface area contributed by atoms with Crippen LogP contribution in [0.1, 0.15) is 38.4 Å². The Hall–Kier alpha value is -0.870. The molecule has 1 heterocycles. The van der Waals surface area contributed by atoms with Crippen LogP contribution in [-0.4, -0.2) is 34.6 Å². The van der Waals surface area contributed by atoms with Gasteiger partial charge in [-0.05, 0) is 26.9 Å². The number of aromatic nitrogens is 2. The molecule has 92 valence electrons. The molecule has 2 N–H and O–H groups in total. The third kappa shape index (κ3) is 3.06. The Balaban J connectivity index is 2.73. The molecule has 4 heteroatoms. The van der Waals surface area contributed by atoms with Crippen molar-refractivity contribution in [3.05, 3.63) is 18.2 Å². The van der Waals surface area contributed by atoms with Gasteiger partial charge >= 0.3 is 0 Å². The van der Waals surface area contributed by atoms with Crippen LogP contribution in [0, 0.1) is 0 Å². The van der Waals surface area contributed by atoms with Crippen LogP contribution in [0.25, 0.3) is 0 Å². The van der Waals surface area contributed by atoms with Crippen LogP contribution in [0.2, 0.25) is 0 Å². The van der Waals surface area contributed by atoms with Gasteiger partial charge in [0, 0.05) is 19.3 Å². The number of unbranched alkanes of at least 4 members (excludes halogenated alkanes) is 1. The minimum atomic E-state index is 0.286. The summed E-state index contributed by atoms with van der Waals surface area (Å²) in [5, 5.41) is 0. The number of imidazole rings is 1. The summed E-state index contributed by atoms with van der Waals surface area (Å²) in [6.45, 7) is 7.03. The first kappa shape index (κ1) is 13.2. The molecule has 1 unspecified atom stereocenters. The lowest BCUT2D eigenvalue weighted by molar-refractivity contribution is 0.237. The number of nitrogens with zero attached hydrogens (tertiary/aromatic N) is 3. The van der Waals surface area contributed by atoms with Gasteiger partial charge in [0.15, 0.2) is 0 Å². The van der Waals surface area contributed by atoms with E-state index in [1.165, 1.54) is 18.5 Å². The van der Waals surface area contributed by atoms with Crippen molar-refractivity contribution in [1.82, 2.24) is 14.5 Å². The number of likely N-dealkylation sites (N-methyl/N-ethyl adjacent to an activating group) is 1. The fourth-order valence-corrected chi connectivity index (χ4v) is 1.96. The highest BCUT2D eigenvalue weighted by molar-refractivity contribution is 5.06. The third-order valence-electron chi connectivity index (χ3n) is 3.05. The highest BCUT2D eigenvalue weighted by Gasteiger charge is 2.18. The SMILES string of the molecule is CCCCN(C)C(CN)c1cncn1CC. The van der Waals surface area contributed by atoms with Crippen molar-refractivity contribution >= 4 is 0 Å². The van der Waals surface area contributed by atoms with E-state index in [0.717, 1.165) is 13.1 Å². The highest BCUT2D eigenvalue weighted by atomic mass is 15.2. The van der Waals surface area contributed by atoms with Gasteiger partial charge in [-0.3, -0.25) is 4.90 Å². The van der Waals surface area contributed by atoms with Crippen molar-refractivity contribution in [2.45, 2.75) is 39.3 Å². The number of aryl methyl sites for hydroxylation is 1. The fourth-order valence-electron chi connectivity index (χ4n) is 1.96. The van der Waals surface area contributed by atoms with Gasteiger partial charge in [-0.15, -0.1) is 0 Å². The van der Waals surface area contributed by atoms with Gasteiger partial charge in [0.1, 0.15) is 0 Å². The summed E-state index contributed by atoms with van der Waals surface area (Å²) >= 11 is 0. The van der Waals surface area contributed by atoms with Gasteiger partial charge in [0.25, 0.3) is 0 Å². The van der Waals surface area contributed by atoms with Crippen LogP contribution < -0.4 is 5.73 Å². The maximum atomic E-state index is 5.88. The van der Waals surface area contributed by atoms with E-state index in [0.29, 0.717) is 6.54 Å². The molecule has 0 aliphatic heterocycles. The molecule has 1 aromatic rings. The molecule has 0 aliphatic carbocycles. The molecule has 0 saturated heterocycles. The van der Waals surface area contributed by atoms with Crippen LogP contribution in [0.4, 0.5) is 0 Å². The Bertz CT molecular complexity index is 295. The maximum Gasteiger partial charge on any atom is 0.0948 e. The molecule has 4 nitrogen and oxygen atoms in total. The van der Waals surface area contributed by atoms with Crippen molar-refractivity contribution in [3.8, 4) is 0 Å². The summed E-state index contributed by atoms with van der Waals surface area (Å²) in [4.78, 5) is 6.53. The summed E-state index contributed by atoms with van der Waals surface area (Å²) in [6, 6.07) is 0.286. The van der Waals surface area contributed by atoms with E-state index in [9.17, 15) is 0 Å². The van der Waals surface area contributed by atoms with Crippen LogP contribution in [0.3, 0.4) is 0 Å². The van der Waals surface area contributed by atoms with E-state index >= 15 is 0 Å². The van der Waals surface area contributed by atoms with E-state index < -0.39 is 0 Å². The van der Waals surface area contributed by atoms with Gasteiger partial charge in [-0.1, -0.05) is 13.3 Å². The number of hydrogen-bond acceptors (Lipinski definition) is 3. The molecule has 0 saturated carbocycles. The largest absolute Gasteiger partial charge is 0.333 e. The van der Waals surface area contributed by atoms with E-state index in [2.05, 4.69) is 35.3 Å². The smallest absolute Gasteiger partial charge is 0.0948 e. The molecule has 16 heavy (non-hydrogen) atoms. The Labute approximate surface area is 98.5 Å². The molecule has 1 aromatic heterocycles. The first-order valence-electron chi connectivity index (χ1n) is 6.14. The first-order valence-corrected chi connectivity index (χ1v) is 6.14. The Kier molecular flexibility index (Phi) is 5.49. The zero-order chi connectivity index (χ0) is 12.0. The molecule has 1 atom stereocenters. The van der Waals surface area contributed by atoms with Crippen molar-refractivity contribution in [2.75, 3.05) is 20.1 Å². The summed E-state index contributed by atoms with van der Waals surface area (Å²) in [5.41, 5.74) is 7.10. The second-order valence-corrected chi connectivity index (χ2v) is 4.19. The third-order valence-corrected chi connectivity index (χ3v) is 3.05. The van der Waals surface area contributed by atoms with Crippen molar-refractivity contribution in [2.24, 2.45) is 5.73 Å². The molecule has 0 aliphatic rings. The molecule has 1 rings (SSSR count). The first-order chi connectivity index (χ1) is 7.74. The lowest BCUT2D eigenvalue weighted by atomic mass is 10.1. The number of nitrogens with two attached hydrogens (primary N) is 1. The average Bonchev–Trinajstić information content (AvgIpc) is 2.75. The summed E-state index contributed by atoms with van der Waals surface area (Å²) < 4.78 is 2.17. The monoisotopic (exact) mass is 224 g/mol. The Morgan fingerprint density at radius 2 is 2.25 bits per heavy atom. The average molecular weight is 224 g/mol. The van der Waals surface area contributed by atoms with Gasteiger partial charge in [0.2, 0.25) is 0 Å². The van der Waals surface area contributed by atoms with Crippen LogP contribution >= 0.6 is 0 Å². The number of hydrogen-bond donors (Lipinski definition) is 1. The van der Waals surface area contributed by atoms with Gasteiger partial charge < -0.3 is 10.3 Å². The molecule has 0 amide bonds. The van der Waals surface area contributed by atoms with Crippen LogP contribution in [-0.2, 0) is 6.54 Å². The zero-order valence-electron chi connectivity index (χ0n) is 10.7. The molecule has 0 fully saturated rings. The molecular formula is C12H24N4. The second kappa shape index (κ2) is 6.66. The summed E-state index contributed by atoms with van der Waals surface area (Å²) in [5.74, 6) is 0. The standard InChI is InChI=1S/C12H24N4/c1-4-6-7-15(3)11(8-13)12-9-14-10-16(12)5-2/h9-11H,4-8,13H2,1-3H3. The molecular weight excluding hydrogens is 200 g/mol. The number of rotatable bonds is 7. The minimum absolute atomic E-state index is 0.286. The van der Waals surface area contributed by atoms with Crippen molar-refractivity contribution < 1.29 is 0 Å². The summed E-state index contributed by atoms with van der Waals surface area (Å²) in [7, 11) is 2.14. The van der Waals surface area contributed by atoms with E-state index in [4.69, 9.17) is 5.73 Å². The highest BCUT2D eigenvalue weighted by Crippen LogP contribution is 2.18. The van der Waals surface area contributed by atoms with E-state index in [1.54, 1.807) is 0 Å². The van der Waals surface area contributed by atoms with Crippen molar-refractivity contribution in [1.29, 1.82) is 0 Å². The second-order valence-electron chi connectivity index (χ2n) is 4.19. The van der Waals surface area contributed by atoms with Gasteiger partial charge in [0.05, 0.1) is 18.1 Å². The summed E-state index contributed by atoms with van der Waals surface area (Å²) in [6.07, 6.45) is 6.25. The minimum Gasteiger partial charge on any atom is -0.333 e. The molecule has 0 aromatic carbocycles. The molecule has 0 bridgehead atoms. The van der Waals surface area contributed by atoms with Gasteiger partial charge in [-0.25, -0.2) is 4.98 Å². The lowest BCUT2D eigenvalue weighted by Crippen LogP contribution is -2.32. The molecule has 0 spiro atoms. The van der Waals surface area contributed by atoms with Crippen LogP contribution in [0.5, 0.6) is 0 Å². The Morgan fingerprint density at radius 1 is 1.50 bits per heavy atom. The van der Waals surface area contributed by atoms with E-state index in [1.807, 2.05) is 12.5 Å². The van der Waals surface area contributed by atoms with Crippen LogP contribution in [0.15, 0.2) is 12.5 Å². The topological polar surface area (TPSA) is 47.1 Å². The quantitative estimate of drug-likeness (QED) is 0.766. The van der Waals surface area contributed by atoms with E-state index in [-0.39, 0.29) is 6.04 Å². The normalized spacial score (nSPS) is 13.3.